The highest BCUT2D eigenvalue weighted by molar-refractivity contribution is 7.80. The van der Waals surface area contributed by atoms with Gasteiger partial charge in [-0.3, -0.25) is 0 Å². The van der Waals surface area contributed by atoms with Crippen molar-refractivity contribution in [1.82, 2.24) is 0 Å². The van der Waals surface area contributed by atoms with Crippen LogP contribution >= 0.6 is 23.8 Å². The van der Waals surface area contributed by atoms with Crippen LogP contribution in [0, 0.1) is 11.3 Å². The predicted octanol–water partition coefficient (Wildman–Crippen LogP) is 1.11. The molecule has 64 valence electrons. The van der Waals surface area contributed by atoms with Gasteiger partial charge in [-0.1, -0.05) is 0 Å². The fraction of sp³-hybridized carbons (Fsp3) is 0.667. The molecule has 4 N–H and O–H groups in total. The fourth-order valence-electron chi connectivity index (χ4n) is 0.299. The maximum Gasteiger partial charge on any atom is 0.160 e. The first-order valence-corrected chi connectivity index (χ1v) is 4.07. The largest absolute Gasteiger partial charge is 0.377 e. The molecule has 0 spiro atoms. The lowest BCUT2D eigenvalue weighted by Crippen LogP contribution is -2.18. The van der Waals surface area contributed by atoms with Crippen molar-refractivity contribution in [2.24, 2.45) is 11.5 Å². The summed E-state index contributed by atoms with van der Waals surface area (Å²) in [6.45, 7) is 0. The van der Waals surface area contributed by atoms with Gasteiger partial charge in [-0.2, -0.15) is 5.26 Å². The third-order valence-corrected chi connectivity index (χ3v) is 0.939. The first-order valence-electron chi connectivity index (χ1n) is 3.13. The summed E-state index contributed by atoms with van der Waals surface area (Å²) in [5.74, 6) is 0.682. The molecule has 0 radical (unpaired) electrons. The van der Waals surface area contributed by atoms with E-state index in [1.54, 1.807) is 0 Å². The Bertz CT molecular complexity index is 128. The van der Waals surface area contributed by atoms with Crippen molar-refractivity contribution < 1.29 is 0 Å². The van der Waals surface area contributed by atoms with Crippen LogP contribution in [0.4, 0.5) is 0 Å². The zero-order valence-corrected chi connectivity index (χ0v) is 7.79. The molecule has 0 fully saturated rings. The van der Waals surface area contributed by atoms with Crippen molar-refractivity contribution in [3.63, 3.8) is 0 Å². The normalized spacial score (nSPS) is 7.27. The first kappa shape index (κ1) is 13.1. The second-order valence-electron chi connectivity index (χ2n) is 1.71. The van der Waals surface area contributed by atoms with E-state index in [1.807, 2.05) is 6.07 Å². The molecule has 11 heavy (non-hydrogen) atoms. The molecule has 0 aliphatic rings. The zero-order chi connectivity index (χ0) is 9.11. The van der Waals surface area contributed by atoms with Gasteiger partial charge in [0.05, 0.1) is 6.07 Å². The summed E-state index contributed by atoms with van der Waals surface area (Å²) < 4.78 is 0. The van der Waals surface area contributed by atoms with E-state index in [9.17, 15) is 0 Å². The van der Waals surface area contributed by atoms with Gasteiger partial charge in [0.1, 0.15) is 0 Å². The van der Waals surface area contributed by atoms with Gasteiger partial charge < -0.3 is 11.5 Å². The van der Waals surface area contributed by atoms with Crippen molar-refractivity contribution >= 4 is 28.9 Å². The van der Waals surface area contributed by atoms with E-state index in [2.05, 4.69) is 23.7 Å². The van der Waals surface area contributed by atoms with Gasteiger partial charge in [0.2, 0.25) is 0 Å². The molecule has 0 unspecified atom stereocenters. The van der Waals surface area contributed by atoms with E-state index < -0.39 is 0 Å². The van der Waals surface area contributed by atoms with Crippen LogP contribution < -0.4 is 11.5 Å². The Kier molecular flexibility index (Phi) is 14.5. The van der Waals surface area contributed by atoms with Crippen LogP contribution in [-0.4, -0.2) is 11.0 Å². The second-order valence-corrected chi connectivity index (χ2v) is 2.56. The number of unbranched alkanes of at least 4 members (excludes halogenated alkanes) is 2. The SMILES string of the molecule is N#CCCCCCl.NC(N)=S. The lowest BCUT2D eigenvalue weighted by molar-refractivity contribution is 0.827. The summed E-state index contributed by atoms with van der Waals surface area (Å²) >= 11 is 9.42. The molecule has 0 heterocycles. The Hall–Kier alpha value is -0.530. The maximum absolute atomic E-state index is 8.00. The molecule has 0 aliphatic heterocycles. The lowest BCUT2D eigenvalue weighted by atomic mass is 10.3. The summed E-state index contributed by atoms with van der Waals surface area (Å²) in [7, 11) is 0. The van der Waals surface area contributed by atoms with E-state index in [0.717, 1.165) is 12.8 Å². The third-order valence-electron chi connectivity index (χ3n) is 0.672. The van der Waals surface area contributed by atoms with Crippen molar-refractivity contribution in [3.8, 4) is 6.07 Å². The molecule has 5 heteroatoms. The quantitative estimate of drug-likeness (QED) is 0.400. The van der Waals surface area contributed by atoms with E-state index in [1.165, 1.54) is 0 Å². The minimum atomic E-state index is 0.000000000000000222. The third kappa shape index (κ3) is 43.9. The standard InChI is InChI=1S/C5H8ClN.CH4N2S/c6-4-2-1-3-5-7;2-1(3)4/h1-4H2;(H4,2,3,4). The van der Waals surface area contributed by atoms with Gasteiger partial charge in [-0.25, -0.2) is 0 Å². The van der Waals surface area contributed by atoms with Crippen molar-refractivity contribution in [3.05, 3.63) is 0 Å². The monoisotopic (exact) mass is 193 g/mol. The summed E-state index contributed by atoms with van der Waals surface area (Å²) in [6, 6.07) is 2.04. The number of thiocarbonyl (C=S) groups is 1. The van der Waals surface area contributed by atoms with E-state index in [4.69, 9.17) is 16.9 Å². The van der Waals surface area contributed by atoms with Gasteiger partial charge in [0.25, 0.3) is 0 Å². The van der Waals surface area contributed by atoms with E-state index in [-0.39, 0.29) is 5.11 Å². The van der Waals surface area contributed by atoms with Gasteiger partial charge in [0.15, 0.2) is 5.11 Å². The highest BCUT2D eigenvalue weighted by Gasteiger charge is 1.80. The molecular formula is C6H12ClN3S. The maximum atomic E-state index is 8.00. The van der Waals surface area contributed by atoms with Gasteiger partial charge in [0, 0.05) is 12.3 Å². The van der Waals surface area contributed by atoms with Gasteiger partial charge in [-0.05, 0) is 25.1 Å². The molecular weight excluding hydrogens is 182 g/mol. The summed E-state index contributed by atoms with van der Waals surface area (Å²) in [4.78, 5) is 0. The highest BCUT2D eigenvalue weighted by atomic mass is 35.5. The van der Waals surface area contributed by atoms with Crippen LogP contribution in [0.1, 0.15) is 19.3 Å². The Morgan fingerprint density at radius 1 is 1.45 bits per heavy atom. The summed E-state index contributed by atoms with van der Waals surface area (Å²) in [6.07, 6.45) is 2.56. The molecule has 0 rings (SSSR count). The topological polar surface area (TPSA) is 75.8 Å². The molecule has 0 saturated heterocycles. The van der Waals surface area contributed by atoms with Crippen LogP contribution in [0.2, 0.25) is 0 Å². The molecule has 0 aromatic carbocycles. The van der Waals surface area contributed by atoms with Crippen molar-refractivity contribution in [1.29, 1.82) is 5.26 Å². The number of hydrogen-bond donors (Lipinski definition) is 2. The van der Waals surface area contributed by atoms with Crippen LogP contribution in [-0.2, 0) is 0 Å². The van der Waals surface area contributed by atoms with Gasteiger partial charge >= 0.3 is 0 Å². The highest BCUT2D eigenvalue weighted by Crippen LogP contribution is 1.93. The molecule has 0 amide bonds. The van der Waals surface area contributed by atoms with Crippen LogP contribution in [0.25, 0.3) is 0 Å². The predicted molar refractivity (Wildman–Crippen MR) is 51.2 cm³/mol. The number of hydrogen-bond acceptors (Lipinski definition) is 2. The summed E-state index contributed by atoms with van der Waals surface area (Å²) in [5, 5.41) is 8.00. The second kappa shape index (κ2) is 12.2. The van der Waals surface area contributed by atoms with Crippen LogP contribution in [0.15, 0.2) is 0 Å². The Morgan fingerprint density at radius 3 is 2.18 bits per heavy atom. The number of rotatable bonds is 3. The first-order chi connectivity index (χ1) is 5.15. The molecule has 0 bridgehead atoms. The Balaban J connectivity index is 0. The zero-order valence-electron chi connectivity index (χ0n) is 6.22. The minimum Gasteiger partial charge on any atom is -0.377 e. The minimum absolute atomic E-state index is 0.000000000000000222. The van der Waals surface area contributed by atoms with E-state index in [0.29, 0.717) is 12.3 Å². The number of halogens is 1. The molecule has 0 aromatic heterocycles. The fourth-order valence-corrected chi connectivity index (χ4v) is 0.488. The molecule has 3 nitrogen and oxygen atoms in total. The molecule has 0 atom stereocenters. The molecule has 0 saturated carbocycles. The van der Waals surface area contributed by atoms with Crippen molar-refractivity contribution in [2.75, 3.05) is 5.88 Å². The number of nitriles is 1. The van der Waals surface area contributed by atoms with Gasteiger partial charge in [-0.15, -0.1) is 11.6 Å². The Morgan fingerprint density at radius 2 is 1.91 bits per heavy atom. The molecule has 0 aliphatic carbocycles. The number of nitrogens with two attached hydrogens (primary N) is 2. The smallest absolute Gasteiger partial charge is 0.160 e. The number of nitrogens with zero attached hydrogens (tertiary/aromatic N) is 1. The summed E-state index contributed by atoms with van der Waals surface area (Å²) in [5.41, 5.74) is 9.24. The average Bonchev–Trinajstić information content (AvgIpc) is 1.88. The lowest BCUT2D eigenvalue weighted by Gasteiger charge is -1.83. The average molecular weight is 194 g/mol. The van der Waals surface area contributed by atoms with Crippen molar-refractivity contribution in [2.45, 2.75) is 19.3 Å². The van der Waals surface area contributed by atoms with E-state index >= 15 is 0 Å². The number of alkyl halides is 1. The molecule has 0 aromatic rings. The van der Waals surface area contributed by atoms with Crippen LogP contribution in [0.3, 0.4) is 0 Å². The Labute approximate surface area is 77.3 Å². The van der Waals surface area contributed by atoms with Crippen LogP contribution in [0.5, 0.6) is 0 Å².